The van der Waals surface area contributed by atoms with Gasteiger partial charge in [-0.2, -0.15) is 0 Å². The molecule has 1 aliphatic rings. The summed E-state index contributed by atoms with van der Waals surface area (Å²) in [6.07, 6.45) is 0. The Morgan fingerprint density at radius 1 is 0.479 bits per heavy atom. The Balaban J connectivity index is 1.25. The highest BCUT2D eigenvalue weighted by Gasteiger charge is 2.30. The molecule has 3 aromatic heterocycles. The first-order valence-corrected chi connectivity index (χ1v) is 16.3. The van der Waals surface area contributed by atoms with Crippen LogP contribution in [0, 0.1) is 0 Å². The number of para-hydroxylation sites is 1. The second-order valence-electron chi connectivity index (χ2n) is 11.8. The molecule has 0 fully saturated rings. The molecule has 10 rings (SSSR count). The number of benzene rings is 6. The van der Waals surface area contributed by atoms with Gasteiger partial charge in [0.25, 0.3) is 0 Å². The van der Waals surface area contributed by atoms with E-state index in [9.17, 15) is 9.59 Å². The molecule has 0 amide bonds. The lowest BCUT2D eigenvalue weighted by Gasteiger charge is -2.18. The van der Waals surface area contributed by atoms with Gasteiger partial charge in [0.2, 0.25) is 0 Å². The number of ketones is 2. The van der Waals surface area contributed by atoms with Gasteiger partial charge in [0.05, 0.1) is 4.70 Å². The number of carbonyl (C=O) groups is 2. The van der Waals surface area contributed by atoms with Gasteiger partial charge in [0.15, 0.2) is 29.0 Å². The van der Waals surface area contributed by atoms with E-state index in [2.05, 4.69) is 24.3 Å². The van der Waals surface area contributed by atoms with Gasteiger partial charge < -0.3 is 4.42 Å². The van der Waals surface area contributed by atoms with Crippen LogP contribution in [0.2, 0.25) is 0 Å². The molecule has 0 bridgehead atoms. The highest BCUT2D eigenvalue weighted by atomic mass is 32.1. The van der Waals surface area contributed by atoms with Crippen LogP contribution >= 0.6 is 11.3 Å². The molecule has 0 radical (unpaired) electrons. The van der Waals surface area contributed by atoms with Crippen LogP contribution in [0.1, 0.15) is 31.8 Å². The van der Waals surface area contributed by atoms with Crippen LogP contribution in [0.3, 0.4) is 0 Å². The van der Waals surface area contributed by atoms with Crippen molar-refractivity contribution in [3.05, 3.63) is 150 Å². The van der Waals surface area contributed by atoms with Crippen LogP contribution in [0.4, 0.5) is 0 Å². The van der Waals surface area contributed by atoms with Crippen molar-refractivity contribution in [3.8, 4) is 34.2 Å². The minimum Gasteiger partial charge on any atom is -0.455 e. The summed E-state index contributed by atoms with van der Waals surface area (Å²) in [7, 11) is 0. The average molecular weight is 636 g/mol. The molecule has 0 N–H and O–H groups in total. The summed E-state index contributed by atoms with van der Waals surface area (Å²) in [5.74, 6) is 1.07. The second-order valence-corrected chi connectivity index (χ2v) is 12.9. The molecule has 224 valence electrons. The van der Waals surface area contributed by atoms with Crippen LogP contribution < -0.4 is 0 Å². The fourth-order valence-corrected chi connectivity index (χ4v) is 8.02. The maximum absolute atomic E-state index is 13.6. The van der Waals surface area contributed by atoms with Gasteiger partial charge in [-0.25, -0.2) is 15.0 Å². The minimum atomic E-state index is -0.191. The summed E-state index contributed by atoms with van der Waals surface area (Å²) in [5.41, 5.74) is 5.53. The van der Waals surface area contributed by atoms with E-state index in [4.69, 9.17) is 19.4 Å². The fraction of sp³-hybridized carbons (Fsp3) is 0. The highest BCUT2D eigenvalue weighted by molar-refractivity contribution is 7.26. The number of hydrogen-bond donors (Lipinski definition) is 0. The standard InChI is InChI=1S/C41H21N3O3S/c45-35-25-13-4-5-14-26(25)36(46)29-20-23(18-19-27(29)35)40-42-39(22-10-2-1-3-11-22)43-41(44-40)31-21-30-24-12-6-8-16-32(24)47-37(30)34-28-15-7-9-17-33(28)48-38(31)34/h1-21H. The lowest BCUT2D eigenvalue weighted by atomic mass is 9.83. The Morgan fingerprint density at radius 3 is 1.92 bits per heavy atom. The van der Waals surface area contributed by atoms with E-state index in [-0.39, 0.29) is 11.6 Å². The Labute approximate surface area is 277 Å². The van der Waals surface area contributed by atoms with E-state index in [1.807, 2.05) is 66.7 Å². The van der Waals surface area contributed by atoms with Crippen molar-refractivity contribution in [3.63, 3.8) is 0 Å². The van der Waals surface area contributed by atoms with Crippen LogP contribution in [0.25, 0.3) is 76.3 Å². The number of hydrogen-bond acceptors (Lipinski definition) is 7. The van der Waals surface area contributed by atoms with Crippen molar-refractivity contribution in [2.45, 2.75) is 0 Å². The van der Waals surface area contributed by atoms with E-state index < -0.39 is 0 Å². The number of furan rings is 1. The maximum atomic E-state index is 13.6. The molecular formula is C41H21N3O3S. The summed E-state index contributed by atoms with van der Waals surface area (Å²) in [5, 5.41) is 4.14. The Bertz CT molecular complexity index is 2830. The first kappa shape index (κ1) is 26.9. The molecular weight excluding hydrogens is 615 g/mol. The van der Waals surface area contributed by atoms with Gasteiger partial charge in [0, 0.05) is 65.2 Å². The average Bonchev–Trinajstić information content (AvgIpc) is 3.72. The van der Waals surface area contributed by atoms with Gasteiger partial charge in [-0.3, -0.25) is 9.59 Å². The molecule has 0 unspecified atom stereocenters. The normalized spacial score (nSPS) is 12.7. The fourth-order valence-electron chi connectivity index (χ4n) is 6.81. The predicted octanol–water partition coefficient (Wildman–Crippen LogP) is 9.92. The first-order chi connectivity index (χ1) is 23.6. The third kappa shape index (κ3) is 3.88. The Hall–Kier alpha value is -6.31. The molecule has 0 aliphatic heterocycles. The second kappa shape index (κ2) is 10.1. The van der Waals surface area contributed by atoms with Crippen LogP contribution in [0.5, 0.6) is 0 Å². The van der Waals surface area contributed by atoms with E-state index in [1.54, 1.807) is 47.7 Å². The van der Waals surface area contributed by atoms with Crippen molar-refractivity contribution in [2.75, 3.05) is 0 Å². The molecule has 0 atom stereocenters. The molecule has 1 aliphatic carbocycles. The van der Waals surface area contributed by atoms with Gasteiger partial charge in [-0.1, -0.05) is 97.1 Å². The van der Waals surface area contributed by atoms with Gasteiger partial charge >= 0.3 is 0 Å². The van der Waals surface area contributed by atoms with Gasteiger partial charge in [0.1, 0.15) is 11.2 Å². The quantitative estimate of drug-likeness (QED) is 0.192. The SMILES string of the molecule is O=C1c2ccccc2C(=O)c2cc(-c3nc(-c4ccccc4)nc(-c4cc5c6ccccc6oc5c5c4sc4ccccc45)n3)ccc21. The molecule has 0 spiro atoms. The van der Waals surface area contributed by atoms with E-state index in [0.717, 1.165) is 53.2 Å². The summed E-state index contributed by atoms with van der Waals surface area (Å²) in [6, 6.07) is 40.5. The third-order valence-electron chi connectivity index (χ3n) is 9.08. The van der Waals surface area contributed by atoms with Crippen LogP contribution in [-0.2, 0) is 0 Å². The van der Waals surface area contributed by atoms with Crippen LogP contribution in [0.15, 0.2) is 132 Å². The number of thiophene rings is 1. The summed E-state index contributed by atoms with van der Waals surface area (Å²) >= 11 is 1.68. The summed E-state index contributed by atoms with van der Waals surface area (Å²) in [6.45, 7) is 0. The number of nitrogens with zero attached hydrogens (tertiary/aromatic N) is 3. The third-order valence-corrected chi connectivity index (χ3v) is 10.3. The zero-order valence-electron chi connectivity index (χ0n) is 25.1. The highest BCUT2D eigenvalue weighted by Crippen LogP contribution is 2.46. The topological polar surface area (TPSA) is 86.0 Å². The van der Waals surface area contributed by atoms with Gasteiger partial charge in [-0.15, -0.1) is 11.3 Å². The lowest BCUT2D eigenvalue weighted by molar-refractivity contribution is 0.0979. The number of carbonyl (C=O) groups excluding carboxylic acids is 2. The monoisotopic (exact) mass is 635 g/mol. The van der Waals surface area contributed by atoms with Crippen molar-refractivity contribution < 1.29 is 14.0 Å². The van der Waals surface area contributed by atoms with Crippen molar-refractivity contribution in [1.29, 1.82) is 0 Å². The molecule has 0 saturated carbocycles. The zero-order valence-corrected chi connectivity index (χ0v) is 25.9. The van der Waals surface area contributed by atoms with E-state index >= 15 is 0 Å². The molecule has 0 saturated heterocycles. The lowest BCUT2D eigenvalue weighted by Crippen LogP contribution is -2.20. The maximum Gasteiger partial charge on any atom is 0.194 e. The smallest absolute Gasteiger partial charge is 0.194 e. The number of aromatic nitrogens is 3. The van der Waals surface area contributed by atoms with Crippen LogP contribution in [-0.4, -0.2) is 26.5 Å². The van der Waals surface area contributed by atoms with Gasteiger partial charge in [-0.05, 0) is 30.3 Å². The zero-order chi connectivity index (χ0) is 31.9. The minimum absolute atomic E-state index is 0.166. The first-order valence-electron chi connectivity index (χ1n) is 15.5. The van der Waals surface area contributed by atoms with E-state index in [0.29, 0.717) is 45.3 Å². The summed E-state index contributed by atoms with van der Waals surface area (Å²) in [4.78, 5) is 42.1. The largest absolute Gasteiger partial charge is 0.455 e. The molecule has 48 heavy (non-hydrogen) atoms. The summed E-state index contributed by atoms with van der Waals surface area (Å²) < 4.78 is 8.65. The number of fused-ring (bicyclic) bond motifs is 9. The van der Waals surface area contributed by atoms with Crippen molar-refractivity contribution in [2.24, 2.45) is 0 Å². The molecule has 6 aromatic carbocycles. The molecule has 9 aromatic rings. The Kier molecular flexibility index (Phi) is 5.65. The molecule has 6 nitrogen and oxygen atoms in total. The molecule has 3 heterocycles. The van der Waals surface area contributed by atoms with Crippen molar-refractivity contribution in [1.82, 2.24) is 15.0 Å². The molecule has 7 heteroatoms. The van der Waals surface area contributed by atoms with Crippen molar-refractivity contribution >= 4 is 65.0 Å². The predicted molar refractivity (Wildman–Crippen MR) is 190 cm³/mol. The van der Waals surface area contributed by atoms with E-state index in [1.165, 1.54) is 0 Å². The number of rotatable bonds is 3. The Morgan fingerprint density at radius 2 is 1.10 bits per heavy atom.